The molecule has 1 amide bonds. The maximum atomic E-state index is 13.1. The number of aromatic nitrogens is 2. The molecule has 0 saturated heterocycles. The highest BCUT2D eigenvalue weighted by atomic mass is 16.7. The van der Waals surface area contributed by atoms with E-state index in [4.69, 9.17) is 25.1 Å². The second-order valence-electron chi connectivity index (χ2n) is 8.25. The van der Waals surface area contributed by atoms with Gasteiger partial charge in [0.25, 0.3) is 11.5 Å². The third kappa shape index (κ3) is 5.85. The van der Waals surface area contributed by atoms with Crippen LogP contribution in [0.1, 0.15) is 18.0 Å². The molecule has 0 radical (unpaired) electrons. The Bertz CT molecular complexity index is 1270. The molecule has 36 heavy (non-hydrogen) atoms. The summed E-state index contributed by atoms with van der Waals surface area (Å²) in [6.45, 7) is 0.602. The molecule has 2 atom stereocenters. The summed E-state index contributed by atoms with van der Waals surface area (Å²) < 4.78 is 20.3. The number of para-hydroxylation sites is 3. The van der Waals surface area contributed by atoms with Gasteiger partial charge < -0.3 is 30.4 Å². The van der Waals surface area contributed by atoms with Crippen LogP contribution in [0.2, 0.25) is 0 Å². The molecule has 10 heteroatoms. The predicted molar refractivity (Wildman–Crippen MR) is 135 cm³/mol. The Morgan fingerprint density at radius 3 is 2.64 bits per heavy atom. The average Bonchev–Trinajstić information content (AvgIpc) is 3.19. The van der Waals surface area contributed by atoms with Gasteiger partial charge in [0.1, 0.15) is 0 Å². The summed E-state index contributed by atoms with van der Waals surface area (Å²) in [5.41, 5.74) is 8.12. The number of benzene rings is 2. The van der Waals surface area contributed by atoms with Crippen molar-refractivity contribution in [2.24, 2.45) is 7.05 Å². The molecule has 4 rings (SSSR count). The largest absolute Gasteiger partial charge is 0.459 e. The molecule has 1 aromatic heterocycles. The standard InChI is InChI=1S/C26H30N4O6/c1-29-22(17-24(32)30(29)19-7-3-2-4-8-19)18-15-23(26(33)28-21-10-6-5-9-20(21)27)36-25(16-18)35-14-13-34-12-11-31/h2-10,15,17-18,25,31H,11-14,16,27H2,1H3,(H,28,33)/t18-,25+/m0/s1. The van der Waals surface area contributed by atoms with E-state index in [-0.39, 0.29) is 43.7 Å². The van der Waals surface area contributed by atoms with E-state index in [2.05, 4.69) is 5.32 Å². The summed E-state index contributed by atoms with van der Waals surface area (Å²) in [4.78, 5) is 26.0. The second kappa shape index (κ2) is 11.7. The Labute approximate surface area is 208 Å². The molecule has 2 heterocycles. The quantitative estimate of drug-likeness (QED) is 0.291. The van der Waals surface area contributed by atoms with E-state index >= 15 is 0 Å². The van der Waals surface area contributed by atoms with Crippen molar-refractivity contribution >= 4 is 17.3 Å². The Hall–Kier alpha value is -3.86. The number of aliphatic hydroxyl groups excluding tert-OH is 1. The molecule has 3 aromatic rings. The van der Waals surface area contributed by atoms with Crippen molar-refractivity contribution in [3.63, 3.8) is 0 Å². The van der Waals surface area contributed by atoms with Gasteiger partial charge in [-0.2, -0.15) is 0 Å². The van der Waals surface area contributed by atoms with Gasteiger partial charge in [-0.3, -0.25) is 14.3 Å². The highest BCUT2D eigenvalue weighted by Crippen LogP contribution is 2.32. The summed E-state index contributed by atoms with van der Waals surface area (Å²) in [6.07, 6.45) is 1.33. The normalized spacial score (nSPS) is 17.3. The minimum absolute atomic E-state index is 0.0655. The number of carbonyl (C=O) groups is 1. The van der Waals surface area contributed by atoms with Gasteiger partial charge in [0.15, 0.2) is 5.76 Å². The topological polar surface area (TPSA) is 130 Å². The molecule has 4 N–H and O–H groups in total. The molecule has 1 aliphatic rings. The summed E-state index contributed by atoms with van der Waals surface area (Å²) in [5.74, 6) is -0.746. The maximum absolute atomic E-state index is 13.1. The van der Waals surface area contributed by atoms with E-state index in [1.54, 1.807) is 52.8 Å². The fourth-order valence-corrected chi connectivity index (χ4v) is 4.09. The Kier molecular flexibility index (Phi) is 8.21. The zero-order valence-electron chi connectivity index (χ0n) is 20.0. The summed E-state index contributed by atoms with van der Waals surface area (Å²) >= 11 is 0. The Morgan fingerprint density at radius 2 is 1.89 bits per heavy atom. The minimum atomic E-state index is -0.748. The first-order valence-electron chi connectivity index (χ1n) is 11.7. The number of nitrogens with zero attached hydrogens (tertiary/aromatic N) is 2. The molecule has 0 bridgehead atoms. The first-order chi connectivity index (χ1) is 17.5. The Balaban J connectivity index is 1.61. The number of rotatable bonds is 10. The summed E-state index contributed by atoms with van der Waals surface area (Å²) in [5, 5.41) is 11.6. The van der Waals surface area contributed by atoms with Crippen molar-refractivity contribution in [2.75, 3.05) is 37.5 Å². The minimum Gasteiger partial charge on any atom is -0.459 e. The first-order valence-corrected chi connectivity index (χ1v) is 11.7. The average molecular weight is 495 g/mol. The van der Waals surface area contributed by atoms with Crippen LogP contribution in [0.4, 0.5) is 11.4 Å². The molecular formula is C26H30N4O6. The molecule has 190 valence electrons. The third-order valence-corrected chi connectivity index (χ3v) is 5.79. The number of carbonyl (C=O) groups excluding carboxylic acids is 1. The lowest BCUT2D eigenvalue weighted by Crippen LogP contribution is -2.31. The maximum Gasteiger partial charge on any atom is 0.290 e. The number of anilines is 2. The fraction of sp³-hybridized carbons (Fsp3) is 0.308. The van der Waals surface area contributed by atoms with Gasteiger partial charge in [-0.1, -0.05) is 30.3 Å². The Morgan fingerprint density at radius 1 is 1.14 bits per heavy atom. The van der Waals surface area contributed by atoms with Gasteiger partial charge in [-0.25, -0.2) is 4.68 Å². The van der Waals surface area contributed by atoms with E-state index in [1.807, 2.05) is 30.3 Å². The van der Waals surface area contributed by atoms with Crippen LogP contribution in [-0.4, -0.2) is 53.1 Å². The SMILES string of the molecule is Cn1c([C@H]2C=C(C(=O)Nc3ccccc3N)O[C@@H](OCCOCCO)C2)cc(=O)n1-c1ccccc1. The van der Waals surface area contributed by atoms with Crippen molar-refractivity contribution in [1.82, 2.24) is 9.36 Å². The molecule has 0 saturated carbocycles. The van der Waals surface area contributed by atoms with E-state index in [9.17, 15) is 9.59 Å². The molecule has 0 unspecified atom stereocenters. The van der Waals surface area contributed by atoms with Crippen molar-refractivity contribution < 1.29 is 24.1 Å². The van der Waals surface area contributed by atoms with Gasteiger partial charge in [-0.15, -0.1) is 0 Å². The number of nitrogen functional groups attached to an aromatic ring is 1. The highest BCUT2D eigenvalue weighted by Gasteiger charge is 2.31. The van der Waals surface area contributed by atoms with Crippen LogP contribution in [0, 0.1) is 0 Å². The smallest absolute Gasteiger partial charge is 0.290 e. The molecule has 0 fully saturated rings. The highest BCUT2D eigenvalue weighted by molar-refractivity contribution is 6.04. The molecule has 10 nitrogen and oxygen atoms in total. The van der Waals surface area contributed by atoms with Crippen LogP contribution in [0.5, 0.6) is 0 Å². The predicted octanol–water partition coefficient (Wildman–Crippen LogP) is 2.14. The number of nitrogens with two attached hydrogens (primary N) is 1. The van der Waals surface area contributed by atoms with Gasteiger partial charge in [0.2, 0.25) is 6.29 Å². The lowest BCUT2D eigenvalue weighted by atomic mass is 9.97. The number of hydrogen-bond donors (Lipinski definition) is 3. The molecular weight excluding hydrogens is 464 g/mol. The van der Waals surface area contributed by atoms with Crippen molar-refractivity contribution in [3.05, 3.63) is 88.5 Å². The van der Waals surface area contributed by atoms with Gasteiger partial charge in [0, 0.05) is 31.1 Å². The van der Waals surface area contributed by atoms with Gasteiger partial charge in [0.05, 0.1) is 43.5 Å². The zero-order valence-corrected chi connectivity index (χ0v) is 20.0. The molecule has 0 aliphatic carbocycles. The van der Waals surface area contributed by atoms with E-state index in [1.165, 1.54) is 0 Å². The third-order valence-electron chi connectivity index (χ3n) is 5.79. The number of ether oxygens (including phenoxy) is 3. The van der Waals surface area contributed by atoms with Crippen LogP contribution in [0.3, 0.4) is 0 Å². The van der Waals surface area contributed by atoms with Crippen LogP contribution in [0.25, 0.3) is 5.69 Å². The second-order valence-corrected chi connectivity index (χ2v) is 8.25. The number of amides is 1. The van der Waals surface area contributed by atoms with Crippen molar-refractivity contribution in [2.45, 2.75) is 18.6 Å². The molecule has 2 aromatic carbocycles. The zero-order chi connectivity index (χ0) is 25.5. The van der Waals surface area contributed by atoms with E-state index in [0.29, 0.717) is 23.5 Å². The van der Waals surface area contributed by atoms with Gasteiger partial charge >= 0.3 is 0 Å². The fourth-order valence-electron chi connectivity index (χ4n) is 4.09. The number of aliphatic hydroxyl groups is 1. The number of nitrogens with one attached hydrogen (secondary N) is 1. The van der Waals surface area contributed by atoms with E-state index < -0.39 is 12.2 Å². The lowest BCUT2D eigenvalue weighted by molar-refractivity contribution is -0.149. The number of allylic oxidation sites excluding steroid dienone is 1. The summed E-state index contributed by atoms with van der Waals surface area (Å²) in [6, 6.07) is 17.8. The van der Waals surface area contributed by atoms with Crippen molar-refractivity contribution in [1.29, 1.82) is 0 Å². The van der Waals surface area contributed by atoms with Crippen LogP contribution in [-0.2, 0) is 26.1 Å². The van der Waals surface area contributed by atoms with Crippen LogP contribution in [0.15, 0.2) is 77.3 Å². The van der Waals surface area contributed by atoms with E-state index in [0.717, 1.165) is 5.69 Å². The van der Waals surface area contributed by atoms with Crippen molar-refractivity contribution in [3.8, 4) is 5.69 Å². The molecule has 1 aliphatic heterocycles. The monoisotopic (exact) mass is 494 g/mol. The van der Waals surface area contributed by atoms with Gasteiger partial charge in [-0.05, 0) is 30.3 Å². The summed E-state index contributed by atoms with van der Waals surface area (Å²) in [7, 11) is 1.80. The number of hydrogen-bond acceptors (Lipinski definition) is 7. The van der Waals surface area contributed by atoms with Crippen LogP contribution < -0.4 is 16.6 Å². The van der Waals surface area contributed by atoms with Crippen LogP contribution >= 0.6 is 0 Å². The lowest BCUT2D eigenvalue weighted by Gasteiger charge is -2.29. The molecule has 0 spiro atoms. The first kappa shape index (κ1) is 25.2.